The van der Waals surface area contributed by atoms with Gasteiger partial charge in [-0.1, -0.05) is 12.2 Å². The molecule has 1 saturated heterocycles. The molecule has 3 amide bonds. The van der Waals surface area contributed by atoms with Gasteiger partial charge in [-0.15, -0.1) is 0 Å². The lowest BCUT2D eigenvalue weighted by molar-refractivity contribution is -0.136. The summed E-state index contributed by atoms with van der Waals surface area (Å²) in [5.41, 5.74) is 3.27. The fourth-order valence-electron chi connectivity index (χ4n) is 5.90. The van der Waals surface area contributed by atoms with Gasteiger partial charge in [0, 0.05) is 61.9 Å². The van der Waals surface area contributed by atoms with Crippen molar-refractivity contribution in [1.29, 1.82) is 0 Å². The Balaban J connectivity index is 1.10. The summed E-state index contributed by atoms with van der Waals surface area (Å²) in [5, 5.41) is 3.30. The average Bonchev–Trinajstić information content (AvgIpc) is 3.72. The van der Waals surface area contributed by atoms with Crippen LogP contribution in [0.4, 0.5) is 20.7 Å². The number of amides is 3. The number of piperazine rings is 1. The molecule has 0 unspecified atom stereocenters. The van der Waals surface area contributed by atoms with Gasteiger partial charge in [-0.05, 0) is 69.7 Å². The molecule has 13 heteroatoms. The normalized spacial score (nSPS) is 16.4. The Morgan fingerprint density at radius 3 is 2.44 bits per heavy atom. The summed E-state index contributed by atoms with van der Waals surface area (Å²) in [4.78, 5) is 53.4. The van der Waals surface area contributed by atoms with Crippen LogP contribution in [0.5, 0.6) is 5.75 Å². The number of ether oxygens (including phenoxy) is 2. The van der Waals surface area contributed by atoms with Gasteiger partial charge in [0.15, 0.2) is 23.0 Å². The molecule has 0 radical (unpaired) electrons. The molecular weight excluding hydrogens is 617 g/mol. The maximum Gasteiger partial charge on any atom is 0.411 e. The molecule has 0 bridgehead atoms. The van der Waals surface area contributed by atoms with Gasteiger partial charge < -0.3 is 24.6 Å². The maximum atomic E-state index is 14.4. The molecule has 2 aromatic carbocycles. The van der Waals surface area contributed by atoms with Crippen LogP contribution in [0.15, 0.2) is 67.1 Å². The van der Waals surface area contributed by atoms with Crippen LogP contribution in [0.3, 0.4) is 0 Å². The third-order valence-corrected chi connectivity index (χ3v) is 8.31. The summed E-state index contributed by atoms with van der Waals surface area (Å²) in [6.45, 7) is 9.02. The van der Waals surface area contributed by atoms with Gasteiger partial charge in [-0.2, -0.15) is 0 Å². The Labute approximate surface area is 277 Å². The van der Waals surface area contributed by atoms with Crippen molar-refractivity contribution >= 4 is 35.1 Å². The van der Waals surface area contributed by atoms with E-state index in [0.29, 0.717) is 61.0 Å². The lowest BCUT2D eigenvalue weighted by atomic mass is 10.1. The zero-order valence-electron chi connectivity index (χ0n) is 27.6. The number of imidazole rings is 1. The van der Waals surface area contributed by atoms with E-state index in [1.165, 1.54) is 18.1 Å². The highest BCUT2D eigenvalue weighted by molar-refractivity contribution is 5.96. The summed E-state index contributed by atoms with van der Waals surface area (Å²) in [6, 6.07) is 9.48. The number of carbonyl (C=O) groups is 3. The zero-order chi connectivity index (χ0) is 34.2. The summed E-state index contributed by atoms with van der Waals surface area (Å²) in [6.07, 6.45) is 8.04. The third kappa shape index (κ3) is 6.53. The van der Waals surface area contributed by atoms with Gasteiger partial charge in [0.2, 0.25) is 5.91 Å². The van der Waals surface area contributed by atoms with Gasteiger partial charge in [0.1, 0.15) is 11.6 Å². The number of hydrogen-bond donors (Lipinski definition) is 1. The van der Waals surface area contributed by atoms with Crippen molar-refractivity contribution in [3.8, 4) is 17.0 Å². The fourth-order valence-corrected chi connectivity index (χ4v) is 5.90. The summed E-state index contributed by atoms with van der Waals surface area (Å²) < 4.78 is 26.7. The highest BCUT2D eigenvalue weighted by Crippen LogP contribution is 2.29. The van der Waals surface area contributed by atoms with Crippen molar-refractivity contribution in [2.45, 2.75) is 39.3 Å². The summed E-state index contributed by atoms with van der Waals surface area (Å²) in [7, 11) is 1.42. The summed E-state index contributed by atoms with van der Waals surface area (Å²) in [5.74, 6) is -0.105. The number of rotatable bonds is 6. The number of benzene rings is 2. The average molecular weight is 656 g/mol. The molecule has 48 heavy (non-hydrogen) atoms. The van der Waals surface area contributed by atoms with Gasteiger partial charge >= 0.3 is 6.09 Å². The largest absolute Gasteiger partial charge is 0.494 e. The Morgan fingerprint density at radius 1 is 1.00 bits per heavy atom. The minimum atomic E-state index is -0.719. The molecule has 1 fully saturated rings. The number of methoxy groups -OCH3 is 1. The molecule has 4 heterocycles. The van der Waals surface area contributed by atoms with Gasteiger partial charge in [0.05, 0.1) is 19.0 Å². The minimum Gasteiger partial charge on any atom is -0.494 e. The number of carbonyl (C=O) groups excluding carboxylic acids is 3. The third-order valence-electron chi connectivity index (χ3n) is 8.31. The first-order valence-electron chi connectivity index (χ1n) is 15.7. The number of fused-ring (bicyclic) bond motifs is 1. The van der Waals surface area contributed by atoms with E-state index >= 15 is 0 Å². The molecule has 2 aromatic heterocycles. The van der Waals surface area contributed by atoms with Crippen LogP contribution in [-0.4, -0.2) is 98.5 Å². The van der Waals surface area contributed by atoms with Gasteiger partial charge in [-0.25, -0.2) is 19.2 Å². The van der Waals surface area contributed by atoms with Crippen molar-refractivity contribution in [2.24, 2.45) is 0 Å². The molecule has 0 aliphatic carbocycles. The second kappa shape index (κ2) is 13.0. The Hall–Kier alpha value is -5.46. The first-order chi connectivity index (χ1) is 22.9. The van der Waals surface area contributed by atoms with E-state index in [-0.39, 0.29) is 17.6 Å². The molecule has 0 saturated carbocycles. The van der Waals surface area contributed by atoms with Crippen LogP contribution in [0.2, 0.25) is 0 Å². The minimum absolute atomic E-state index is 0.118. The second-order valence-electron chi connectivity index (χ2n) is 12.7. The number of halogens is 1. The van der Waals surface area contributed by atoms with E-state index in [2.05, 4.69) is 15.3 Å². The molecule has 4 aromatic rings. The topological polar surface area (TPSA) is 122 Å². The molecule has 1 N–H and O–H groups in total. The Morgan fingerprint density at radius 2 is 1.75 bits per heavy atom. The molecule has 12 nitrogen and oxygen atoms in total. The number of nitrogens with one attached hydrogen (secondary N) is 1. The van der Waals surface area contributed by atoms with Crippen molar-refractivity contribution in [2.75, 3.05) is 45.2 Å². The molecule has 250 valence electrons. The molecule has 2 aliphatic rings. The molecule has 2 aliphatic heterocycles. The van der Waals surface area contributed by atoms with Crippen LogP contribution in [0.1, 0.15) is 36.7 Å². The standard InChI is InChI=1S/C35H38FN7O5/c1-22-19-24(39-30-31-38-21-28(42(31)14-12-37-30)23-8-11-29(47-5)26(36)20-23)9-10-25(22)32(44)40-15-17-41(18-16-40)33(45)27-7-6-13-43(27)34(46)48-35(2,3)4/h6-12,14,19-21,27H,13,15-18H2,1-5H3,(H,37,39)/t27-/m0/s1. The number of hydrogen-bond acceptors (Lipinski definition) is 8. The van der Waals surface area contributed by atoms with E-state index in [1.54, 1.807) is 79.5 Å². The highest BCUT2D eigenvalue weighted by Gasteiger charge is 2.37. The SMILES string of the molecule is COc1ccc(-c2cnc3c(Nc4ccc(C(=O)N5CCN(C(=O)[C@@H]6C=CCN6C(=O)OC(C)(C)C)CC5)c(C)c4)nccn23)cc1F. The molecule has 6 rings (SSSR count). The van der Waals surface area contributed by atoms with E-state index in [9.17, 15) is 18.8 Å². The summed E-state index contributed by atoms with van der Waals surface area (Å²) >= 11 is 0. The van der Waals surface area contributed by atoms with Crippen molar-refractivity contribution in [3.63, 3.8) is 0 Å². The van der Waals surface area contributed by atoms with E-state index < -0.39 is 23.6 Å². The van der Waals surface area contributed by atoms with Crippen LogP contribution >= 0.6 is 0 Å². The predicted octanol–water partition coefficient (Wildman–Crippen LogP) is 5.06. The molecule has 0 spiro atoms. The predicted molar refractivity (Wildman–Crippen MR) is 178 cm³/mol. The number of aryl methyl sites for hydroxylation is 1. The fraction of sp³-hybridized carbons (Fsp3) is 0.343. The number of nitrogens with zero attached hydrogens (tertiary/aromatic N) is 6. The Bertz CT molecular complexity index is 1910. The maximum absolute atomic E-state index is 14.4. The first kappa shape index (κ1) is 32.5. The Kier molecular flexibility index (Phi) is 8.78. The van der Waals surface area contributed by atoms with E-state index in [4.69, 9.17) is 9.47 Å². The second-order valence-corrected chi connectivity index (χ2v) is 12.7. The van der Waals surface area contributed by atoms with Crippen LogP contribution < -0.4 is 10.1 Å². The van der Waals surface area contributed by atoms with E-state index in [1.807, 2.05) is 23.5 Å². The molecule has 1 atom stereocenters. The monoisotopic (exact) mass is 655 g/mol. The lowest BCUT2D eigenvalue weighted by Gasteiger charge is -2.37. The van der Waals surface area contributed by atoms with Gasteiger partial charge in [0.25, 0.3) is 5.91 Å². The smallest absolute Gasteiger partial charge is 0.411 e. The zero-order valence-corrected chi connectivity index (χ0v) is 27.6. The number of aromatic nitrogens is 3. The van der Waals surface area contributed by atoms with E-state index in [0.717, 1.165) is 11.3 Å². The first-order valence-corrected chi connectivity index (χ1v) is 15.7. The quantitative estimate of drug-likeness (QED) is 0.287. The van der Waals surface area contributed by atoms with Crippen LogP contribution in [0, 0.1) is 12.7 Å². The van der Waals surface area contributed by atoms with Crippen LogP contribution in [0.25, 0.3) is 16.9 Å². The number of anilines is 2. The van der Waals surface area contributed by atoms with Crippen molar-refractivity contribution in [1.82, 2.24) is 29.1 Å². The van der Waals surface area contributed by atoms with Gasteiger partial charge in [-0.3, -0.25) is 18.9 Å². The van der Waals surface area contributed by atoms with Crippen LogP contribution in [-0.2, 0) is 9.53 Å². The molecular formula is C35H38FN7O5. The van der Waals surface area contributed by atoms with Crippen molar-refractivity contribution < 1.29 is 28.2 Å². The highest BCUT2D eigenvalue weighted by atomic mass is 19.1. The lowest BCUT2D eigenvalue weighted by Crippen LogP contribution is -2.55. The van der Waals surface area contributed by atoms with Crippen molar-refractivity contribution in [3.05, 3.63) is 84.1 Å².